The lowest BCUT2D eigenvalue weighted by atomic mass is 10.0. The molecule has 0 radical (unpaired) electrons. The smallest absolute Gasteiger partial charge is 0.208 e. The Morgan fingerprint density at radius 3 is 2.94 bits per heavy atom. The minimum Gasteiger partial charge on any atom is -0.444 e. The molecule has 0 bridgehead atoms. The van der Waals surface area contributed by atoms with E-state index in [4.69, 9.17) is 4.42 Å². The molecule has 4 heteroatoms. The Balaban J connectivity index is 2.04. The van der Waals surface area contributed by atoms with Gasteiger partial charge in [0.1, 0.15) is 12.0 Å². The Kier molecular flexibility index (Phi) is 3.39. The van der Waals surface area contributed by atoms with Gasteiger partial charge in [0.2, 0.25) is 5.89 Å². The second-order valence-electron chi connectivity index (χ2n) is 4.42. The van der Waals surface area contributed by atoms with E-state index in [2.05, 4.69) is 9.88 Å². The van der Waals surface area contributed by atoms with Crippen LogP contribution in [0.3, 0.4) is 0 Å². The van der Waals surface area contributed by atoms with Crippen LogP contribution in [0.25, 0.3) is 0 Å². The molecule has 1 unspecified atom stereocenters. The van der Waals surface area contributed by atoms with Gasteiger partial charge in [0.05, 0.1) is 18.3 Å². The molecule has 0 N–H and O–H groups in total. The first-order chi connectivity index (χ1) is 7.70. The van der Waals surface area contributed by atoms with E-state index < -0.39 is 0 Å². The zero-order valence-electron chi connectivity index (χ0n) is 9.90. The Hall–Kier alpha value is -1.16. The lowest BCUT2D eigenvalue weighted by molar-refractivity contribution is -0.113. The molecule has 88 valence electrons. The van der Waals surface area contributed by atoms with Gasteiger partial charge < -0.3 is 9.21 Å². The van der Waals surface area contributed by atoms with Crippen LogP contribution in [0.1, 0.15) is 36.6 Å². The van der Waals surface area contributed by atoms with Crippen molar-refractivity contribution in [2.75, 3.05) is 6.54 Å². The summed E-state index contributed by atoms with van der Waals surface area (Å²) in [5, 5.41) is 0. The summed E-state index contributed by atoms with van der Waals surface area (Å²) in [7, 11) is 0. The molecule has 1 fully saturated rings. The molecule has 0 aliphatic carbocycles. The van der Waals surface area contributed by atoms with Crippen LogP contribution >= 0.6 is 0 Å². The number of nitrogens with zero attached hydrogens (tertiary/aromatic N) is 2. The monoisotopic (exact) mass is 222 g/mol. The summed E-state index contributed by atoms with van der Waals surface area (Å²) >= 11 is 0. The maximum atomic E-state index is 10.9. The summed E-state index contributed by atoms with van der Waals surface area (Å²) in [6.07, 6.45) is 4.30. The molecule has 1 aliphatic heterocycles. The van der Waals surface area contributed by atoms with Crippen molar-refractivity contribution >= 4 is 6.29 Å². The van der Waals surface area contributed by atoms with Crippen molar-refractivity contribution in [2.24, 2.45) is 0 Å². The van der Waals surface area contributed by atoms with E-state index in [-0.39, 0.29) is 6.04 Å². The maximum absolute atomic E-state index is 10.9. The number of piperidine rings is 1. The first-order valence-electron chi connectivity index (χ1n) is 5.83. The first kappa shape index (κ1) is 11.3. The Bertz CT molecular complexity index is 354. The molecular weight excluding hydrogens is 204 g/mol. The van der Waals surface area contributed by atoms with Gasteiger partial charge in [0.15, 0.2) is 0 Å². The number of rotatable bonds is 3. The summed E-state index contributed by atoms with van der Waals surface area (Å²) < 4.78 is 5.54. The van der Waals surface area contributed by atoms with Crippen LogP contribution in [-0.2, 0) is 11.3 Å². The number of aldehydes is 1. The van der Waals surface area contributed by atoms with E-state index >= 15 is 0 Å². The van der Waals surface area contributed by atoms with E-state index in [1.807, 2.05) is 13.8 Å². The normalized spacial score (nSPS) is 22.2. The van der Waals surface area contributed by atoms with Gasteiger partial charge in [-0.05, 0) is 33.2 Å². The van der Waals surface area contributed by atoms with Crippen molar-refractivity contribution in [3.05, 3.63) is 17.3 Å². The molecular formula is C12H18N2O2. The van der Waals surface area contributed by atoms with Gasteiger partial charge in [-0.3, -0.25) is 4.90 Å². The number of hydrogen-bond acceptors (Lipinski definition) is 4. The van der Waals surface area contributed by atoms with Crippen LogP contribution in [0.2, 0.25) is 0 Å². The average Bonchev–Trinajstić information content (AvgIpc) is 2.59. The number of oxazole rings is 1. The summed E-state index contributed by atoms with van der Waals surface area (Å²) in [5.74, 6) is 1.60. The molecule has 1 atom stereocenters. The predicted molar refractivity (Wildman–Crippen MR) is 60.1 cm³/mol. The lowest BCUT2D eigenvalue weighted by Gasteiger charge is -2.30. The second-order valence-corrected chi connectivity index (χ2v) is 4.42. The highest BCUT2D eigenvalue weighted by Gasteiger charge is 2.23. The molecule has 0 spiro atoms. The fourth-order valence-electron chi connectivity index (χ4n) is 2.15. The molecule has 1 aromatic heterocycles. The minimum atomic E-state index is 0.0428. The molecule has 1 saturated heterocycles. The Morgan fingerprint density at radius 2 is 2.31 bits per heavy atom. The Labute approximate surface area is 95.6 Å². The molecule has 0 saturated carbocycles. The molecule has 2 rings (SSSR count). The van der Waals surface area contributed by atoms with Crippen LogP contribution < -0.4 is 0 Å². The minimum absolute atomic E-state index is 0.0428. The number of carbonyl (C=O) groups is 1. The van der Waals surface area contributed by atoms with Gasteiger partial charge in [-0.15, -0.1) is 0 Å². The largest absolute Gasteiger partial charge is 0.444 e. The lowest BCUT2D eigenvalue weighted by Crippen LogP contribution is -2.39. The van der Waals surface area contributed by atoms with E-state index in [0.29, 0.717) is 6.54 Å². The SMILES string of the molecule is Cc1nc(CN2CCCCC2C=O)oc1C. The predicted octanol–water partition coefficient (Wildman–Crippen LogP) is 1.84. The van der Waals surface area contributed by atoms with Crippen molar-refractivity contribution in [2.45, 2.75) is 45.7 Å². The zero-order valence-corrected chi connectivity index (χ0v) is 9.90. The highest BCUT2D eigenvalue weighted by molar-refractivity contribution is 5.57. The highest BCUT2D eigenvalue weighted by Crippen LogP contribution is 2.19. The fraction of sp³-hybridized carbons (Fsp3) is 0.667. The molecule has 1 aliphatic rings. The number of aryl methyl sites for hydroxylation is 2. The van der Waals surface area contributed by atoms with Crippen LogP contribution in [0.15, 0.2) is 4.42 Å². The third-order valence-electron chi connectivity index (χ3n) is 3.23. The van der Waals surface area contributed by atoms with Gasteiger partial charge in [-0.25, -0.2) is 4.98 Å². The fourth-order valence-corrected chi connectivity index (χ4v) is 2.15. The van der Waals surface area contributed by atoms with Crippen molar-refractivity contribution in [1.82, 2.24) is 9.88 Å². The standard InChI is InChI=1S/C12H18N2O2/c1-9-10(2)16-12(13-9)7-14-6-4-3-5-11(14)8-15/h8,11H,3-7H2,1-2H3. The van der Waals surface area contributed by atoms with Crippen molar-refractivity contribution in [1.29, 1.82) is 0 Å². The quantitative estimate of drug-likeness (QED) is 0.732. The summed E-state index contributed by atoms with van der Waals surface area (Å²) in [5.41, 5.74) is 0.940. The second kappa shape index (κ2) is 4.78. The molecule has 1 aromatic rings. The van der Waals surface area contributed by atoms with Gasteiger partial charge in [0.25, 0.3) is 0 Å². The van der Waals surface area contributed by atoms with Crippen LogP contribution in [0, 0.1) is 13.8 Å². The molecule has 0 amide bonds. The van der Waals surface area contributed by atoms with Gasteiger partial charge >= 0.3 is 0 Å². The third kappa shape index (κ3) is 2.32. The maximum Gasteiger partial charge on any atom is 0.208 e. The molecule has 2 heterocycles. The van der Waals surface area contributed by atoms with Gasteiger partial charge in [-0.2, -0.15) is 0 Å². The van der Waals surface area contributed by atoms with Gasteiger partial charge in [-0.1, -0.05) is 6.42 Å². The zero-order chi connectivity index (χ0) is 11.5. The summed E-state index contributed by atoms with van der Waals surface area (Å²) in [4.78, 5) is 17.4. The number of hydrogen-bond donors (Lipinski definition) is 0. The van der Waals surface area contributed by atoms with E-state index in [1.165, 1.54) is 0 Å². The summed E-state index contributed by atoms with van der Waals surface area (Å²) in [6, 6.07) is 0.0428. The van der Waals surface area contributed by atoms with E-state index in [0.717, 1.165) is 49.4 Å². The third-order valence-corrected chi connectivity index (χ3v) is 3.23. The molecule has 4 nitrogen and oxygen atoms in total. The van der Waals surface area contributed by atoms with E-state index in [9.17, 15) is 4.79 Å². The van der Waals surface area contributed by atoms with Crippen LogP contribution in [0.4, 0.5) is 0 Å². The van der Waals surface area contributed by atoms with Crippen LogP contribution in [-0.4, -0.2) is 28.8 Å². The number of likely N-dealkylation sites (tertiary alicyclic amines) is 1. The topological polar surface area (TPSA) is 46.3 Å². The van der Waals surface area contributed by atoms with E-state index in [1.54, 1.807) is 0 Å². The van der Waals surface area contributed by atoms with Crippen molar-refractivity contribution < 1.29 is 9.21 Å². The van der Waals surface area contributed by atoms with Crippen molar-refractivity contribution in [3.63, 3.8) is 0 Å². The first-order valence-corrected chi connectivity index (χ1v) is 5.83. The number of carbonyl (C=O) groups excluding carboxylic acids is 1. The average molecular weight is 222 g/mol. The molecule has 16 heavy (non-hydrogen) atoms. The Morgan fingerprint density at radius 1 is 1.50 bits per heavy atom. The molecule has 0 aromatic carbocycles. The summed E-state index contributed by atoms with van der Waals surface area (Å²) in [6.45, 7) is 5.47. The highest BCUT2D eigenvalue weighted by atomic mass is 16.4. The van der Waals surface area contributed by atoms with Crippen molar-refractivity contribution in [3.8, 4) is 0 Å². The van der Waals surface area contributed by atoms with Gasteiger partial charge in [0, 0.05) is 0 Å². The number of aromatic nitrogens is 1. The van der Waals surface area contributed by atoms with Crippen LogP contribution in [0.5, 0.6) is 0 Å².